The molecule has 0 atom stereocenters. The van der Waals surface area contributed by atoms with Gasteiger partial charge < -0.3 is 10.2 Å². The summed E-state index contributed by atoms with van der Waals surface area (Å²) in [4.78, 5) is 39.8. The Kier molecular flexibility index (Phi) is 6.70. The van der Waals surface area contributed by atoms with Gasteiger partial charge in [-0.15, -0.1) is 0 Å². The molecule has 0 spiro atoms. The molecular formula is C26H24N4O3S. The molecule has 0 aromatic heterocycles. The summed E-state index contributed by atoms with van der Waals surface area (Å²) in [5.41, 5.74) is 5.28. The van der Waals surface area contributed by atoms with Crippen molar-refractivity contribution in [3.8, 4) is 11.1 Å². The van der Waals surface area contributed by atoms with E-state index in [0.717, 1.165) is 45.5 Å². The molecule has 4 amide bonds. The normalized spacial score (nSPS) is 14.1. The molecule has 1 saturated heterocycles. The molecule has 0 radical (unpaired) electrons. The van der Waals surface area contributed by atoms with E-state index in [4.69, 9.17) is 0 Å². The zero-order valence-corrected chi connectivity index (χ0v) is 19.8. The van der Waals surface area contributed by atoms with E-state index in [1.807, 2.05) is 91.8 Å². The van der Waals surface area contributed by atoms with E-state index in [9.17, 15) is 14.4 Å². The molecular weight excluding hydrogens is 448 g/mol. The van der Waals surface area contributed by atoms with Gasteiger partial charge in [-0.2, -0.15) is 0 Å². The summed E-state index contributed by atoms with van der Waals surface area (Å²) in [5.74, 6) is -0.373. The zero-order chi connectivity index (χ0) is 24.2. The summed E-state index contributed by atoms with van der Waals surface area (Å²) in [5, 5.41) is 4.81. The molecule has 0 saturated carbocycles. The number of hydrogen-bond acceptors (Lipinski definition) is 5. The fourth-order valence-corrected chi connectivity index (χ4v) is 4.09. The second-order valence-electron chi connectivity index (χ2n) is 7.96. The molecule has 3 aromatic rings. The number of rotatable bonds is 5. The highest BCUT2D eigenvalue weighted by Crippen LogP contribution is 2.28. The Morgan fingerprint density at radius 3 is 2.21 bits per heavy atom. The largest absolute Gasteiger partial charge is 0.378 e. The van der Waals surface area contributed by atoms with Crippen molar-refractivity contribution in [2.24, 2.45) is 0 Å². The third-order valence-corrected chi connectivity index (χ3v) is 6.17. The fourth-order valence-electron chi connectivity index (χ4n) is 3.41. The van der Waals surface area contributed by atoms with Crippen LogP contribution in [-0.2, 0) is 4.79 Å². The van der Waals surface area contributed by atoms with Gasteiger partial charge in [-0.05, 0) is 70.9 Å². The summed E-state index contributed by atoms with van der Waals surface area (Å²) in [6.07, 6.45) is 1.69. The highest BCUT2D eigenvalue weighted by atomic mass is 32.2. The number of anilines is 3. The molecule has 7 nitrogen and oxygen atoms in total. The van der Waals surface area contributed by atoms with E-state index >= 15 is 0 Å². The quantitative estimate of drug-likeness (QED) is 0.485. The Hall–Kier alpha value is -4.04. The van der Waals surface area contributed by atoms with E-state index in [0.29, 0.717) is 4.91 Å². The van der Waals surface area contributed by atoms with Gasteiger partial charge in [-0.3, -0.25) is 19.8 Å². The summed E-state index contributed by atoms with van der Waals surface area (Å²) in [7, 11) is 5.66. The zero-order valence-electron chi connectivity index (χ0n) is 19.0. The predicted octanol–water partition coefficient (Wildman–Crippen LogP) is 5.41. The Morgan fingerprint density at radius 1 is 0.882 bits per heavy atom. The van der Waals surface area contributed by atoms with Crippen LogP contribution >= 0.6 is 11.8 Å². The van der Waals surface area contributed by atoms with Gasteiger partial charge in [0.2, 0.25) is 0 Å². The number of amides is 4. The molecule has 0 bridgehead atoms. The first-order chi connectivity index (χ1) is 16.3. The minimum absolute atomic E-state index is 0.237. The molecule has 4 rings (SSSR count). The van der Waals surface area contributed by atoms with Crippen molar-refractivity contribution in [1.29, 1.82) is 0 Å². The molecule has 0 aliphatic carbocycles. The van der Waals surface area contributed by atoms with Crippen LogP contribution in [0.3, 0.4) is 0 Å². The van der Waals surface area contributed by atoms with Crippen molar-refractivity contribution in [3.63, 3.8) is 0 Å². The maximum atomic E-state index is 12.8. The lowest BCUT2D eigenvalue weighted by Crippen LogP contribution is -2.31. The topological polar surface area (TPSA) is 81.8 Å². The highest BCUT2D eigenvalue weighted by molar-refractivity contribution is 8.18. The second kappa shape index (κ2) is 9.84. The highest BCUT2D eigenvalue weighted by Gasteiger charge is 2.24. The van der Waals surface area contributed by atoms with Crippen LogP contribution in [0.15, 0.2) is 77.7 Å². The molecule has 1 heterocycles. The molecule has 8 heteroatoms. The molecule has 1 fully saturated rings. The van der Waals surface area contributed by atoms with Crippen LogP contribution in [0.5, 0.6) is 0 Å². The fraction of sp³-hybridized carbons (Fsp3) is 0.115. The molecule has 1 aliphatic heterocycles. The van der Waals surface area contributed by atoms with Crippen molar-refractivity contribution in [1.82, 2.24) is 5.32 Å². The first-order valence-corrected chi connectivity index (χ1v) is 11.4. The van der Waals surface area contributed by atoms with Crippen molar-refractivity contribution < 1.29 is 14.4 Å². The number of urea groups is 1. The van der Waals surface area contributed by atoms with Crippen LogP contribution in [0.1, 0.15) is 5.56 Å². The van der Waals surface area contributed by atoms with Gasteiger partial charge in [-0.25, -0.2) is 4.79 Å². The predicted molar refractivity (Wildman–Crippen MR) is 139 cm³/mol. The van der Waals surface area contributed by atoms with Crippen LogP contribution in [0.2, 0.25) is 0 Å². The standard InChI is InChI=1S/C26H24N4O3S/c1-29(2)21-13-11-20(12-14-21)27-25(32)30(3)22-6-4-5-19(16-22)18-9-7-17(8-10-18)15-23-24(31)28-26(33)34-23/h4-16H,1-3H3,(H,27,32)(H,28,31,33). The van der Waals surface area contributed by atoms with E-state index in [-0.39, 0.29) is 17.2 Å². The van der Waals surface area contributed by atoms with Crippen molar-refractivity contribution in [2.75, 3.05) is 36.3 Å². The van der Waals surface area contributed by atoms with Gasteiger partial charge in [0, 0.05) is 38.2 Å². The lowest BCUT2D eigenvalue weighted by Gasteiger charge is -2.19. The molecule has 34 heavy (non-hydrogen) atoms. The van der Waals surface area contributed by atoms with Gasteiger partial charge in [0.1, 0.15) is 0 Å². The first kappa shape index (κ1) is 23.1. The maximum absolute atomic E-state index is 12.8. The van der Waals surface area contributed by atoms with Crippen LogP contribution < -0.4 is 20.4 Å². The van der Waals surface area contributed by atoms with Gasteiger partial charge in [0.15, 0.2) is 0 Å². The summed E-state index contributed by atoms with van der Waals surface area (Å²) in [6.45, 7) is 0. The number of hydrogen-bond donors (Lipinski definition) is 2. The molecule has 2 N–H and O–H groups in total. The van der Waals surface area contributed by atoms with Crippen molar-refractivity contribution in [3.05, 3.63) is 83.3 Å². The smallest absolute Gasteiger partial charge is 0.326 e. The molecule has 0 unspecified atom stereocenters. The van der Waals surface area contributed by atoms with Crippen molar-refractivity contribution in [2.45, 2.75) is 0 Å². The average molecular weight is 473 g/mol. The minimum atomic E-state index is -0.373. The average Bonchev–Trinajstić information content (AvgIpc) is 3.15. The van der Waals surface area contributed by atoms with Gasteiger partial charge in [0.25, 0.3) is 11.1 Å². The van der Waals surface area contributed by atoms with Crippen LogP contribution in [0.25, 0.3) is 17.2 Å². The summed E-state index contributed by atoms with van der Waals surface area (Å²) in [6, 6.07) is 22.8. The Bertz CT molecular complexity index is 1270. The monoisotopic (exact) mass is 472 g/mol. The third-order valence-electron chi connectivity index (χ3n) is 5.36. The van der Waals surface area contributed by atoms with E-state index < -0.39 is 0 Å². The molecule has 172 valence electrons. The number of nitrogens with one attached hydrogen (secondary N) is 2. The second-order valence-corrected chi connectivity index (χ2v) is 8.97. The number of benzene rings is 3. The van der Waals surface area contributed by atoms with E-state index in [2.05, 4.69) is 10.6 Å². The number of imide groups is 1. The van der Waals surface area contributed by atoms with Crippen LogP contribution in [0, 0.1) is 0 Å². The van der Waals surface area contributed by atoms with Crippen LogP contribution in [-0.4, -0.2) is 38.3 Å². The molecule has 1 aliphatic rings. The number of thioether (sulfide) groups is 1. The Morgan fingerprint density at radius 2 is 1.59 bits per heavy atom. The summed E-state index contributed by atoms with van der Waals surface area (Å²) >= 11 is 0.895. The van der Waals surface area contributed by atoms with Gasteiger partial charge >= 0.3 is 6.03 Å². The maximum Gasteiger partial charge on any atom is 0.326 e. The van der Waals surface area contributed by atoms with Gasteiger partial charge in [0.05, 0.1) is 4.91 Å². The Labute approximate surface area is 202 Å². The lowest BCUT2D eigenvalue weighted by molar-refractivity contribution is -0.115. The van der Waals surface area contributed by atoms with Crippen molar-refractivity contribution >= 4 is 52.1 Å². The minimum Gasteiger partial charge on any atom is -0.378 e. The van der Waals surface area contributed by atoms with E-state index in [1.165, 1.54) is 0 Å². The summed E-state index contributed by atoms with van der Waals surface area (Å²) < 4.78 is 0. The number of carbonyl (C=O) groups excluding carboxylic acids is 3. The lowest BCUT2D eigenvalue weighted by atomic mass is 10.0. The number of carbonyl (C=O) groups is 3. The SMILES string of the molecule is CN(C)c1ccc(NC(=O)N(C)c2cccc(-c3ccc(C=C4SC(=O)NC4=O)cc3)c2)cc1. The third kappa shape index (κ3) is 5.29. The van der Waals surface area contributed by atoms with Crippen LogP contribution in [0.4, 0.5) is 26.7 Å². The first-order valence-electron chi connectivity index (χ1n) is 10.6. The van der Waals surface area contributed by atoms with Gasteiger partial charge in [-0.1, -0.05) is 36.4 Å². The Balaban J connectivity index is 1.46. The molecule has 3 aromatic carbocycles. The number of nitrogens with zero attached hydrogens (tertiary/aromatic N) is 2. The van der Waals surface area contributed by atoms with E-state index in [1.54, 1.807) is 18.0 Å².